The monoisotopic (exact) mass is 404 g/mol. The lowest BCUT2D eigenvalue weighted by molar-refractivity contribution is 0.0322. The predicted octanol–water partition coefficient (Wildman–Crippen LogP) is 1.76. The van der Waals surface area contributed by atoms with E-state index in [1.54, 1.807) is 0 Å². The maximum absolute atomic E-state index is 9.68. The van der Waals surface area contributed by atoms with Gasteiger partial charge in [0.2, 0.25) is 0 Å². The third-order valence-corrected chi connectivity index (χ3v) is 5.48. The lowest BCUT2D eigenvalue weighted by Gasteiger charge is -2.27. The van der Waals surface area contributed by atoms with Crippen molar-refractivity contribution >= 4 is 5.96 Å². The molecule has 1 aromatic rings. The van der Waals surface area contributed by atoms with Crippen molar-refractivity contribution in [3.05, 3.63) is 29.8 Å². The molecule has 1 aliphatic carbocycles. The van der Waals surface area contributed by atoms with Crippen LogP contribution in [0.5, 0.6) is 5.75 Å². The largest absolute Gasteiger partial charge is 0.492 e. The van der Waals surface area contributed by atoms with Crippen molar-refractivity contribution in [2.75, 3.05) is 46.0 Å². The van der Waals surface area contributed by atoms with Crippen LogP contribution in [0.4, 0.5) is 0 Å². The Bertz CT molecular complexity index is 626. The first kappa shape index (κ1) is 21.9. The summed E-state index contributed by atoms with van der Waals surface area (Å²) in [5, 5.41) is 16.5. The van der Waals surface area contributed by atoms with Gasteiger partial charge in [-0.25, -0.2) is 4.99 Å². The second-order valence-electron chi connectivity index (χ2n) is 7.79. The number of rotatable bonds is 8. The molecule has 1 saturated heterocycles. The first-order chi connectivity index (χ1) is 14.2. The van der Waals surface area contributed by atoms with Gasteiger partial charge in [0.25, 0.3) is 0 Å². The molecule has 2 fully saturated rings. The van der Waals surface area contributed by atoms with Gasteiger partial charge in [-0.05, 0) is 50.3 Å². The third-order valence-electron chi connectivity index (χ3n) is 5.48. The highest BCUT2D eigenvalue weighted by Crippen LogP contribution is 2.18. The van der Waals surface area contributed by atoms with Gasteiger partial charge in [0.15, 0.2) is 5.96 Å². The van der Waals surface area contributed by atoms with Crippen molar-refractivity contribution in [2.24, 2.45) is 4.99 Å². The molecule has 162 valence electrons. The molecule has 0 atom stereocenters. The summed E-state index contributed by atoms with van der Waals surface area (Å²) in [6, 6.07) is 8.56. The Morgan fingerprint density at radius 2 is 2.03 bits per heavy atom. The number of ether oxygens (including phenoxy) is 2. The third kappa shape index (κ3) is 7.84. The van der Waals surface area contributed by atoms with Crippen molar-refractivity contribution in [2.45, 2.75) is 51.3 Å². The first-order valence-corrected chi connectivity index (χ1v) is 11.0. The van der Waals surface area contributed by atoms with E-state index in [9.17, 15) is 5.11 Å². The number of guanidine groups is 1. The Kier molecular flexibility index (Phi) is 9.05. The molecule has 1 aliphatic heterocycles. The maximum atomic E-state index is 9.68. The molecule has 1 saturated carbocycles. The van der Waals surface area contributed by atoms with E-state index < -0.39 is 0 Å². The molecule has 0 spiro atoms. The lowest BCUT2D eigenvalue weighted by Crippen LogP contribution is -2.45. The number of morpholine rings is 1. The second-order valence-corrected chi connectivity index (χ2v) is 7.79. The van der Waals surface area contributed by atoms with Gasteiger partial charge in [-0.3, -0.25) is 4.90 Å². The van der Waals surface area contributed by atoms with Gasteiger partial charge in [-0.2, -0.15) is 0 Å². The highest BCUT2D eigenvalue weighted by Gasteiger charge is 2.20. The van der Waals surface area contributed by atoms with Crippen LogP contribution in [0.3, 0.4) is 0 Å². The SMILES string of the molecule is CCNC(=NCc1cccc(OCCN2CCOCC2)c1)NC1CCC(O)CC1. The van der Waals surface area contributed by atoms with Crippen molar-refractivity contribution in [3.8, 4) is 5.75 Å². The summed E-state index contributed by atoms with van der Waals surface area (Å²) in [5.41, 5.74) is 1.13. The Balaban J connectivity index is 1.47. The molecule has 0 amide bonds. The predicted molar refractivity (Wildman–Crippen MR) is 115 cm³/mol. The number of nitrogens with zero attached hydrogens (tertiary/aromatic N) is 2. The quantitative estimate of drug-likeness (QED) is 0.453. The molecule has 3 N–H and O–H groups in total. The molecule has 7 heteroatoms. The van der Waals surface area contributed by atoms with Crippen LogP contribution in [-0.2, 0) is 11.3 Å². The Labute approximate surface area is 174 Å². The number of benzene rings is 1. The minimum absolute atomic E-state index is 0.140. The zero-order valence-electron chi connectivity index (χ0n) is 17.6. The van der Waals surface area contributed by atoms with Gasteiger partial charge < -0.3 is 25.2 Å². The fourth-order valence-electron chi connectivity index (χ4n) is 3.75. The van der Waals surface area contributed by atoms with E-state index in [2.05, 4.69) is 34.6 Å². The van der Waals surface area contributed by atoms with E-state index in [0.29, 0.717) is 19.2 Å². The summed E-state index contributed by atoms with van der Waals surface area (Å²) in [4.78, 5) is 7.12. The van der Waals surface area contributed by atoms with Crippen LogP contribution in [0.25, 0.3) is 0 Å². The maximum Gasteiger partial charge on any atom is 0.191 e. The number of hydrogen-bond donors (Lipinski definition) is 3. The lowest BCUT2D eigenvalue weighted by atomic mass is 9.93. The average Bonchev–Trinajstić information content (AvgIpc) is 2.75. The van der Waals surface area contributed by atoms with Gasteiger partial charge in [0, 0.05) is 32.2 Å². The summed E-state index contributed by atoms with van der Waals surface area (Å²) >= 11 is 0. The van der Waals surface area contributed by atoms with E-state index in [0.717, 1.165) is 82.3 Å². The molecule has 1 heterocycles. The van der Waals surface area contributed by atoms with Crippen LogP contribution in [0.1, 0.15) is 38.2 Å². The minimum Gasteiger partial charge on any atom is -0.492 e. The molecule has 0 radical (unpaired) electrons. The number of aliphatic hydroxyl groups is 1. The van der Waals surface area contributed by atoms with Crippen molar-refractivity contribution < 1.29 is 14.6 Å². The van der Waals surface area contributed by atoms with Gasteiger partial charge in [-0.15, -0.1) is 0 Å². The van der Waals surface area contributed by atoms with E-state index in [1.165, 1.54) is 0 Å². The molecule has 1 aromatic carbocycles. The highest BCUT2D eigenvalue weighted by atomic mass is 16.5. The van der Waals surface area contributed by atoms with Crippen molar-refractivity contribution in [1.82, 2.24) is 15.5 Å². The van der Waals surface area contributed by atoms with Crippen LogP contribution in [0.2, 0.25) is 0 Å². The Hall–Kier alpha value is -1.83. The number of nitrogens with one attached hydrogen (secondary N) is 2. The van der Waals surface area contributed by atoms with Gasteiger partial charge in [-0.1, -0.05) is 12.1 Å². The van der Waals surface area contributed by atoms with Crippen LogP contribution in [-0.4, -0.2) is 74.1 Å². The van der Waals surface area contributed by atoms with E-state index in [-0.39, 0.29) is 6.10 Å². The summed E-state index contributed by atoms with van der Waals surface area (Å²) in [6.45, 7) is 8.72. The molecule has 2 aliphatic rings. The van der Waals surface area contributed by atoms with Gasteiger partial charge in [0.1, 0.15) is 12.4 Å². The molecule has 0 aromatic heterocycles. The molecule has 29 heavy (non-hydrogen) atoms. The second kappa shape index (κ2) is 12.0. The fraction of sp³-hybridized carbons (Fsp3) is 0.682. The highest BCUT2D eigenvalue weighted by molar-refractivity contribution is 5.80. The topological polar surface area (TPSA) is 78.4 Å². The molecular formula is C22H36N4O3. The summed E-state index contributed by atoms with van der Waals surface area (Å²) in [7, 11) is 0. The summed E-state index contributed by atoms with van der Waals surface area (Å²) < 4.78 is 11.3. The normalized spacial score (nSPS) is 23.6. The van der Waals surface area contributed by atoms with E-state index in [4.69, 9.17) is 14.5 Å². The van der Waals surface area contributed by atoms with Crippen LogP contribution >= 0.6 is 0 Å². The van der Waals surface area contributed by atoms with Crippen LogP contribution in [0.15, 0.2) is 29.3 Å². The van der Waals surface area contributed by atoms with E-state index >= 15 is 0 Å². The number of aliphatic hydroxyl groups excluding tert-OH is 1. The summed E-state index contributed by atoms with van der Waals surface area (Å²) in [5.74, 6) is 1.73. The smallest absolute Gasteiger partial charge is 0.191 e. The molecular weight excluding hydrogens is 368 g/mol. The van der Waals surface area contributed by atoms with Crippen LogP contribution < -0.4 is 15.4 Å². The van der Waals surface area contributed by atoms with Gasteiger partial charge in [0.05, 0.1) is 25.9 Å². The first-order valence-electron chi connectivity index (χ1n) is 11.0. The average molecular weight is 405 g/mol. The molecule has 0 unspecified atom stereocenters. The van der Waals surface area contributed by atoms with E-state index in [1.807, 2.05) is 12.1 Å². The minimum atomic E-state index is -0.140. The number of aliphatic imine (C=N–C) groups is 1. The summed E-state index contributed by atoms with van der Waals surface area (Å²) in [6.07, 6.45) is 3.55. The molecule has 0 bridgehead atoms. The number of hydrogen-bond acceptors (Lipinski definition) is 5. The van der Waals surface area contributed by atoms with Crippen molar-refractivity contribution in [1.29, 1.82) is 0 Å². The van der Waals surface area contributed by atoms with Crippen LogP contribution in [0, 0.1) is 0 Å². The zero-order valence-corrected chi connectivity index (χ0v) is 17.6. The molecule has 3 rings (SSSR count). The molecule has 7 nitrogen and oxygen atoms in total. The Morgan fingerprint density at radius 1 is 1.24 bits per heavy atom. The van der Waals surface area contributed by atoms with Gasteiger partial charge >= 0.3 is 0 Å². The standard InChI is InChI=1S/C22H36N4O3/c1-2-23-22(25-19-6-8-20(27)9-7-19)24-17-18-4-3-5-21(16-18)29-15-12-26-10-13-28-14-11-26/h3-5,16,19-20,27H,2,6-15,17H2,1H3,(H2,23,24,25). The zero-order chi connectivity index (χ0) is 20.3. The van der Waals surface area contributed by atoms with Crippen molar-refractivity contribution in [3.63, 3.8) is 0 Å². The fourth-order valence-corrected chi connectivity index (χ4v) is 3.75. The Morgan fingerprint density at radius 3 is 2.79 bits per heavy atom.